The molecule has 0 aliphatic heterocycles. The van der Waals surface area contributed by atoms with Gasteiger partial charge in [-0.05, 0) is 12.8 Å². The minimum absolute atomic E-state index is 0. The molecule has 0 atom stereocenters. The van der Waals surface area contributed by atoms with Gasteiger partial charge in [0, 0.05) is 54.7 Å². The number of aromatic nitrogens is 4. The zero-order chi connectivity index (χ0) is 29.5. The summed E-state index contributed by atoms with van der Waals surface area (Å²) in [6, 6.07) is 1.66. The van der Waals surface area contributed by atoms with Crippen LogP contribution in [0.3, 0.4) is 0 Å². The van der Waals surface area contributed by atoms with Crippen LogP contribution in [0.5, 0.6) is 0 Å². The second-order valence-corrected chi connectivity index (χ2v) is 14.1. The van der Waals surface area contributed by atoms with Crippen LogP contribution >= 0.6 is 0 Å². The van der Waals surface area contributed by atoms with Crippen LogP contribution < -0.4 is 57.1 Å². The van der Waals surface area contributed by atoms with E-state index in [0.29, 0.717) is 0 Å². The van der Waals surface area contributed by atoms with Crippen LogP contribution in [0.4, 0.5) is 0 Å². The number of hydrogen-bond donors (Lipinski definition) is 0. The lowest BCUT2D eigenvalue weighted by Crippen LogP contribution is -3.00. The van der Waals surface area contributed by atoms with Crippen molar-refractivity contribution < 1.29 is 101 Å². The summed E-state index contributed by atoms with van der Waals surface area (Å²) in [5.74, 6) is 0. The van der Waals surface area contributed by atoms with Gasteiger partial charge in [0.15, 0.2) is 0 Å². The van der Waals surface area contributed by atoms with Crippen molar-refractivity contribution in [1.29, 1.82) is 0 Å². The van der Waals surface area contributed by atoms with E-state index in [4.69, 9.17) is 44.4 Å². The Balaban J connectivity index is -0.000000259. The number of imidazole rings is 2. The molecule has 2 heterocycles. The van der Waals surface area contributed by atoms with Gasteiger partial charge in [0.1, 0.15) is 24.8 Å². The number of rotatable bonds is 14. The topological polar surface area (TPSA) is 141 Å². The number of hydrogen-bond acceptors (Lipinski definition) is 10. The SMILES string of the molecule is CO[Si](CCCn1cc[n+](C)c1)(OC)OC.CO[Si](CCCn1cc[n+](C)c1)(OC)OC.O=[Si]=O.O=[Si]=O.[I-].[I-]. The van der Waals surface area contributed by atoms with Crippen molar-refractivity contribution in [2.45, 2.75) is 38.0 Å². The Bertz CT molecular complexity index is 847. The summed E-state index contributed by atoms with van der Waals surface area (Å²) in [5, 5.41) is 0. The molecule has 0 bridgehead atoms. The summed E-state index contributed by atoms with van der Waals surface area (Å²) in [5.41, 5.74) is 0. The molecule has 2 rings (SSSR count). The maximum absolute atomic E-state index is 8.40. The average molecular weight is 865 g/mol. The van der Waals surface area contributed by atoms with Crippen molar-refractivity contribution in [2.75, 3.05) is 42.7 Å². The van der Waals surface area contributed by atoms with Gasteiger partial charge in [-0.15, -0.1) is 0 Å². The monoisotopic (exact) mass is 864 g/mol. The van der Waals surface area contributed by atoms with Gasteiger partial charge in [0.25, 0.3) is 0 Å². The van der Waals surface area contributed by atoms with Gasteiger partial charge in [-0.2, -0.15) is 0 Å². The minimum atomic E-state index is -2.38. The molecular formula is C20H42I2N4O10Si4. The van der Waals surface area contributed by atoms with Gasteiger partial charge in [0.2, 0.25) is 12.7 Å². The summed E-state index contributed by atoms with van der Waals surface area (Å²) in [6.07, 6.45) is 14.2. The third-order valence-corrected chi connectivity index (χ3v) is 11.0. The van der Waals surface area contributed by atoms with Crippen molar-refractivity contribution in [1.82, 2.24) is 9.13 Å². The molecule has 0 amide bonds. The van der Waals surface area contributed by atoms with Crippen molar-refractivity contribution in [3.63, 3.8) is 0 Å². The Kier molecular flexibility index (Phi) is 33.6. The molecule has 0 radical (unpaired) electrons. The Morgan fingerprint density at radius 2 is 0.850 bits per heavy atom. The van der Waals surface area contributed by atoms with Crippen LogP contribution in [0.25, 0.3) is 0 Å². The predicted molar refractivity (Wildman–Crippen MR) is 138 cm³/mol. The molecule has 0 unspecified atom stereocenters. The second kappa shape index (κ2) is 28.8. The minimum Gasteiger partial charge on any atom is -1.00 e. The molecule has 20 heteroatoms. The van der Waals surface area contributed by atoms with E-state index in [-0.39, 0.29) is 48.0 Å². The Morgan fingerprint density at radius 3 is 1.02 bits per heavy atom. The van der Waals surface area contributed by atoms with E-state index in [1.165, 1.54) is 0 Å². The zero-order valence-electron chi connectivity index (χ0n) is 24.3. The first-order valence-electron chi connectivity index (χ1n) is 11.5. The van der Waals surface area contributed by atoms with Crippen molar-refractivity contribution in [3.8, 4) is 0 Å². The van der Waals surface area contributed by atoms with E-state index in [2.05, 4.69) is 34.2 Å². The summed E-state index contributed by atoms with van der Waals surface area (Å²) >= 11 is 0. The molecule has 0 spiro atoms. The molecule has 0 N–H and O–H groups in total. The van der Waals surface area contributed by atoms with E-state index in [1.807, 2.05) is 35.6 Å². The van der Waals surface area contributed by atoms with E-state index in [9.17, 15) is 0 Å². The van der Waals surface area contributed by atoms with Gasteiger partial charge in [-0.1, -0.05) is 0 Å². The normalized spacial score (nSPS) is 10.0. The molecule has 0 saturated carbocycles. The van der Waals surface area contributed by atoms with Crippen LogP contribution in [0.2, 0.25) is 12.1 Å². The van der Waals surface area contributed by atoms with Crippen molar-refractivity contribution in [3.05, 3.63) is 37.4 Å². The molecule has 0 saturated heterocycles. The number of aryl methyl sites for hydroxylation is 4. The van der Waals surface area contributed by atoms with Crippen LogP contribution in [-0.4, -0.2) is 88.0 Å². The summed E-state index contributed by atoms with van der Waals surface area (Å²) in [4.78, 5) is 0. The molecule has 0 aliphatic rings. The molecule has 232 valence electrons. The standard InChI is InChI=1S/2C10H21N2O3Si.2HI.2O2Si/c2*1-11-7-8-12(10-11)6-5-9-16(13-2,14-3)15-4;;;2*1-3-2/h2*7-8,10H,5-6,9H2,1-4H3;2*1H;;/q2*+1;;;;/p-2. The summed E-state index contributed by atoms with van der Waals surface area (Å²) in [6.45, 7) is 1.90. The predicted octanol–water partition coefficient (Wildman–Crippen LogP) is -6.07. The first kappa shape index (κ1) is 46.7. The van der Waals surface area contributed by atoms with E-state index < -0.39 is 36.2 Å². The first-order chi connectivity index (χ1) is 18.1. The lowest BCUT2D eigenvalue weighted by Gasteiger charge is -2.23. The lowest BCUT2D eigenvalue weighted by molar-refractivity contribution is -0.671. The molecule has 0 aromatic carbocycles. The van der Waals surface area contributed by atoms with Crippen LogP contribution in [-0.2, 0) is 71.6 Å². The molecule has 2 aromatic rings. The van der Waals surface area contributed by atoms with E-state index >= 15 is 0 Å². The van der Waals surface area contributed by atoms with E-state index in [1.54, 1.807) is 42.7 Å². The van der Waals surface area contributed by atoms with E-state index in [0.717, 1.165) is 38.0 Å². The van der Waals surface area contributed by atoms with Gasteiger partial charge in [-0.25, -0.2) is 18.3 Å². The fourth-order valence-electron chi connectivity index (χ4n) is 3.34. The smallest absolute Gasteiger partial charge is 0.549 e. The maximum atomic E-state index is 8.40. The average Bonchev–Trinajstić information content (AvgIpc) is 3.53. The van der Waals surface area contributed by atoms with Gasteiger partial charge < -0.3 is 74.5 Å². The van der Waals surface area contributed by atoms with Crippen LogP contribution in [0, 0.1) is 0 Å². The zero-order valence-corrected chi connectivity index (χ0v) is 32.6. The van der Waals surface area contributed by atoms with Gasteiger partial charge in [0.05, 0.1) is 27.2 Å². The number of halogens is 2. The largest absolute Gasteiger partial charge is 1.00 e. The molecule has 0 fully saturated rings. The van der Waals surface area contributed by atoms with Crippen molar-refractivity contribution >= 4 is 36.2 Å². The highest BCUT2D eigenvalue weighted by Crippen LogP contribution is 2.16. The van der Waals surface area contributed by atoms with Gasteiger partial charge in [-0.3, -0.25) is 17.8 Å². The highest BCUT2D eigenvalue weighted by molar-refractivity contribution is 6.60. The molecular weight excluding hydrogens is 822 g/mol. The Morgan fingerprint density at radius 1 is 0.600 bits per heavy atom. The molecule has 2 aromatic heterocycles. The quantitative estimate of drug-likeness (QED) is 0.103. The third kappa shape index (κ3) is 20.6. The second-order valence-electron chi connectivity index (χ2n) is 7.60. The van der Waals surface area contributed by atoms with Crippen molar-refractivity contribution in [2.24, 2.45) is 14.1 Å². The Labute approximate surface area is 277 Å². The third-order valence-electron chi connectivity index (χ3n) is 5.31. The fraction of sp³-hybridized carbons (Fsp3) is 0.700. The first-order valence-corrected chi connectivity index (χ1v) is 17.0. The number of nitrogens with zero attached hydrogens (tertiary/aromatic N) is 4. The van der Waals surface area contributed by atoms with Gasteiger partial charge >= 0.3 is 36.2 Å². The molecule has 0 aliphatic carbocycles. The summed E-state index contributed by atoms with van der Waals surface area (Å²) < 4.78 is 74.1. The highest BCUT2D eigenvalue weighted by Gasteiger charge is 2.37. The maximum Gasteiger partial charge on any atom is 0.549 e. The fourth-order valence-corrected chi connectivity index (χ4v) is 6.74. The molecule has 40 heavy (non-hydrogen) atoms. The Hall–Kier alpha value is -0.292. The van der Waals surface area contributed by atoms with Crippen LogP contribution in [0.1, 0.15) is 12.8 Å². The lowest BCUT2D eigenvalue weighted by atomic mass is 10.5. The molecule has 14 nitrogen and oxygen atoms in total. The summed E-state index contributed by atoms with van der Waals surface area (Å²) in [7, 11) is 6.30. The highest BCUT2D eigenvalue weighted by atomic mass is 127. The van der Waals surface area contributed by atoms with Crippen LogP contribution in [0.15, 0.2) is 37.4 Å².